The Morgan fingerprint density at radius 3 is 2.57 bits per heavy atom. The van der Waals surface area contributed by atoms with Gasteiger partial charge >= 0.3 is 5.97 Å². The number of hydrogen-bond donors (Lipinski definition) is 0. The predicted octanol–water partition coefficient (Wildman–Crippen LogP) is 2.98. The Morgan fingerprint density at radius 2 is 1.86 bits per heavy atom. The predicted molar refractivity (Wildman–Crippen MR) is 81.0 cm³/mol. The van der Waals surface area contributed by atoms with Crippen LogP contribution in [0.4, 0.5) is 5.69 Å². The molecule has 0 spiro atoms. The molecule has 0 bridgehead atoms. The minimum Gasteiger partial charge on any atom is -0.465 e. The highest BCUT2D eigenvalue weighted by molar-refractivity contribution is 5.95. The molecule has 0 saturated carbocycles. The fraction of sp³-hybridized carbons (Fsp3) is 0.176. The van der Waals surface area contributed by atoms with Crippen molar-refractivity contribution in [1.82, 2.24) is 0 Å². The van der Waals surface area contributed by atoms with E-state index in [4.69, 9.17) is 10.00 Å². The molecule has 0 amide bonds. The summed E-state index contributed by atoms with van der Waals surface area (Å²) in [6.07, 6.45) is 0. The molecule has 0 unspecified atom stereocenters. The van der Waals surface area contributed by atoms with Crippen LogP contribution >= 0.6 is 0 Å². The molecule has 106 valence electrons. The van der Waals surface area contributed by atoms with Crippen LogP contribution in [0, 0.1) is 11.3 Å². The smallest absolute Gasteiger partial charge is 0.339 e. The molecule has 0 heterocycles. The molecule has 0 aromatic heterocycles. The molecule has 4 nitrogen and oxygen atoms in total. The number of nitriles is 1. The molecule has 0 N–H and O–H groups in total. The number of hydrogen-bond acceptors (Lipinski definition) is 4. The third-order valence-corrected chi connectivity index (χ3v) is 3.27. The van der Waals surface area contributed by atoms with Crippen LogP contribution in [0.5, 0.6) is 0 Å². The fourth-order valence-corrected chi connectivity index (χ4v) is 2.20. The second kappa shape index (κ2) is 6.58. The van der Waals surface area contributed by atoms with Crippen molar-refractivity contribution in [2.75, 3.05) is 19.1 Å². The average molecular weight is 280 g/mol. The van der Waals surface area contributed by atoms with Gasteiger partial charge in [0, 0.05) is 13.6 Å². The van der Waals surface area contributed by atoms with Crippen molar-refractivity contribution in [2.45, 2.75) is 6.54 Å². The largest absolute Gasteiger partial charge is 0.465 e. The van der Waals surface area contributed by atoms with Crippen LogP contribution < -0.4 is 4.90 Å². The van der Waals surface area contributed by atoms with Crippen molar-refractivity contribution < 1.29 is 9.53 Å². The summed E-state index contributed by atoms with van der Waals surface area (Å²) < 4.78 is 4.80. The Kier molecular flexibility index (Phi) is 4.57. The number of benzene rings is 2. The van der Waals surface area contributed by atoms with Gasteiger partial charge in [0.1, 0.15) is 0 Å². The van der Waals surface area contributed by atoms with Crippen molar-refractivity contribution in [2.24, 2.45) is 0 Å². The van der Waals surface area contributed by atoms with Gasteiger partial charge in [-0.25, -0.2) is 4.79 Å². The first-order valence-electron chi connectivity index (χ1n) is 6.54. The summed E-state index contributed by atoms with van der Waals surface area (Å²) in [5.41, 5.74) is 2.84. The van der Waals surface area contributed by atoms with Crippen LogP contribution in [-0.2, 0) is 11.3 Å². The lowest BCUT2D eigenvalue weighted by atomic mass is 10.1. The summed E-state index contributed by atoms with van der Waals surface area (Å²) in [6, 6.07) is 16.9. The molecule has 2 aromatic rings. The molecule has 0 saturated heterocycles. The number of carbonyl (C=O) groups excluding carboxylic acids is 1. The Bertz CT molecular complexity index is 689. The topological polar surface area (TPSA) is 53.3 Å². The van der Waals surface area contributed by atoms with Gasteiger partial charge in [0.05, 0.1) is 30.0 Å². The first-order valence-corrected chi connectivity index (χ1v) is 6.54. The van der Waals surface area contributed by atoms with Crippen molar-refractivity contribution in [3.63, 3.8) is 0 Å². The van der Waals surface area contributed by atoms with Crippen molar-refractivity contribution in [1.29, 1.82) is 5.26 Å². The summed E-state index contributed by atoms with van der Waals surface area (Å²) in [6.45, 7) is 0.539. The lowest BCUT2D eigenvalue weighted by Gasteiger charge is -2.22. The monoisotopic (exact) mass is 280 g/mol. The maximum absolute atomic E-state index is 11.8. The average Bonchev–Trinajstić information content (AvgIpc) is 2.54. The zero-order chi connectivity index (χ0) is 15.2. The minimum absolute atomic E-state index is 0.369. The number of esters is 1. The van der Waals surface area contributed by atoms with Crippen LogP contribution in [0.25, 0.3) is 0 Å². The van der Waals surface area contributed by atoms with Gasteiger partial charge in [-0.15, -0.1) is 0 Å². The lowest BCUT2D eigenvalue weighted by molar-refractivity contribution is 0.0601. The Morgan fingerprint density at radius 1 is 1.19 bits per heavy atom. The van der Waals surface area contributed by atoms with E-state index >= 15 is 0 Å². The van der Waals surface area contributed by atoms with E-state index in [0.717, 1.165) is 11.3 Å². The van der Waals surface area contributed by atoms with E-state index < -0.39 is 0 Å². The highest BCUT2D eigenvalue weighted by Gasteiger charge is 2.15. The Labute approximate surface area is 124 Å². The van der Waals surface area contributed by atoms with Crippen molar-refractivity contribution >= 4 is 11.7 Å². The zero-order valence-electron chi connectivity index (χ0n) is 12.0. The highest BCUT2D eigenvalue weighted by Crippen LogP contribution is 2.22. The summed E-state index contributed by atoms with van der Waals surface area (Å²) in [4.78, 5) is 13.7. The van der Waals surface area contributed by atoms with Crippen LogP contribution in [0.1, 0.15) is 21.5 Å². The van der Waals surface area contributed by atoms with E-state index in [9.17, 15) is 4.79 Å². The second-order valence-electron chi connectivity index (χ2n) is 4.63. The quantitative estimate of drug-likeness (QED) is 0.808. The maximum atomic E-state index is 11.8. The number of nitrogens with zero attached hydrogens (tertiary/aromatic N) is 2. The first kappa shape index (κ1) is 14.6. The molecule has 0 atom stereocenters. The lowest BCUT2D eigenvalue weighted by Crippen LogP contribution is -2.20. The molecule has 4 heteroatoms. The number of anilines is 1. The van der Waals surface area contributed by atoms with Gasteiger partial charge in [-0.3, -0.25) is 0 Å². The highest BCUT2D eigenvalue weighted by atomic mass is 16.5. The number of methoxy groups -OCH3 is 1. The molecule has 0 aliphatic heterocycles. The number of ether oxygens (including phenoxy) is 1. The summed E-state index contributed by atoms with van der Waals surface area (Å²) >= 11 is 0. The van der Waals surface area contributed by atoms with Crippen LogP contribution in [-0.4, -0.2) is 20.1 Å². The van der Waals surface area contributed by atoms with Crippen molar-refractivity contribution in [3.05, 3.63) is 65.2 Å². The van der Waals surface area contributed by atoms with E-state index in [2.05, 4.69) is 6.07 Å². The molecule has 0 aliphatic rings. The third kappa shape index (κ3) is 3.21. The first-order chi connectivity index (χ1) is 10.2. The molecule has 0 radical (unpaired) electrons. The Hall–Kier alpha value is -2.80. The van der Waals surface area contributed by atoms with E-state index in [1.807, 2.05) is 42.3 Å². The minimum atomic E-state index is -0.369. The van der Waals surface area contributed by atoms with Crippen LogP contribution in [0.3, 0.4) is 0 Å². The van der Waals surface area contributed by atoms with Gasteiger partial charge < -0.3 is 9.64 Å². The SMILES string of the molecule is COC(=O)c1ccccc1N(C)Cc1ccccc1C#N. The van der Waals surface area contributed by atoms with E-state index in [1.165, 1.54) is 7.11 Å². The van der Waals surface area contributed by atoms with Crippen LogP contribution in [0.15, 0.2) is 48.5 Å². The number of para-hydroxylation sites is 1. The van der Waals surface area contributed by atoms with Gasteiger partial charge in [-0.1, -0.05) is 30.3 Å². The second-order valence-corrected chi connectivity index (χ2v) is 4.63. The van der Waals surface area contributed by atoms with Gasteiger partial charge in [-0.2, -0.15) is 5.26 Å². The molecule has 2 rings (SSSR count). The van der Waals surface area contributed by atoms with Gasteiger partial charge in [-0.05, 0) is 23.8 Å². The van der Waals surface area contributed by atoms with E-state index in [-0.39, 0.29) is 5.97 Å². The van der Waals surface area contributed by atoms with Gasteiger partial charge in [0.2, 0.25) is 0 Å². The van der Waals surface area contributed by atoms with Gasteiger partial charge in [0.25, 0.3) is 0 Å². The molecule has 0 fully saturated rings. The molecular formula is C17H16N2O2. The summed E-state index contributed by atoms with van der Waals surface area (Å²) in [7, 11) is 3.25. The van der Waals surface area contributed by atoms with Gasteiger partial charge in [0.15, 0.2) is 0 Å². The summed E-state index contributed by atoms with van der Waals surface area (Å²) in [5.74, 6) is -0.369. The summed E-state index contributed by atoms with van der Waals surface area (Å²) in [5, 5.41) is 9.14. The molecular weight excluding hydrogens is 264 g/mol. The zero-order valence-corrected chi connectivity index (χ0v) is 12.0. The van der Waals surface area contributed by atoms with E-state index in [1.54, 1.807) is 18.2 Å². The third-order valence-electron chi connectivity index (χ3n) is 3.27. The van der Waals surface area contributed by atoms with Crippen molar-refractivity contribution in [3.8, 4) is 6.07 Å². The molecule has 0 aliphatic carbocycles. The van der Waals surface area contributed by atoms with E-state index in [0.29, 0.717) is 17.7 Å². The standard InChI is InChI=1S/C17H16N2O2/c1-19(12-14-8-4-3-7-13(14)11-18)16-10-6-5-9-15(16)17(20)21-2/h3-10H,12H2,1-2H3. The van der Waals surface area contributed by atoms with Crippen LogP contribution in [0.2, 0.25) is 0 Å². The normalized spacial score (nSPS) is 9.76. The fourth-order valence-electron chi connectivity index (χ4n) is 2.20. The number of carbonyl (C=O) groups is 1. The maximum Gasteiger partial charge on any atom is 0.339 e. The molecule has 21 heavy (non-hydrogen) atoms. The number of rotatable bonds is 4. The Balaban J connectivity index is 2.31. The molecule has 2 aromatic carbocycles.